The van der Waals surface area contributed by atoms with E-state index in [1.54, 1.807) is 13.8 Å². The van der Waals surface area contributed by atoms with Crippen molar-refractivity contribution in [1.29, 1.82) is 0 Å². The molecule has 18 heavy (non-hydrogen) atoms. The van der Waals surface area contributed by atoms with Crippen LogP contribution in [0.2, 0.25) is 0 Å². The van der Waals surface area contributed by atoms with Crippen LogP contribution in [0.15, 0.2) is 0 Å². The number of unbranched alkanes of at least 4 members (excludes halogenated alkanes) is 5. The lowest BCUT2D eigenvalue weighted by Gasteiger charge is -2.17. The van der Waals surface area contributed by atoms with E-state index < -0.39 is 11.9 Å². The van der Waals surface area contributed by atoms with Gasteiger partial charge in [-0.25, -0.2) is 0 Å². The first kappa shape index (κ1) is 16.9. The molecule has 0 aliphatic rings. The summed E-state index contributed by atoms with van der Waals surface area (Å²) in [5.41, 5.74) is 0. The van der Waals surface area contributed by atoms with E-state index in [1.807, 2.05) is 0 Å². The molecule has 1 amide bonds. The van der Waals surface area contributed by atoms with Crippen molar-refractivity contribution >= 4 is 11.9 Å². The van der Waals surface area contributed by atoms with Crippen LogP contribution in [0.5, 0.6) is 0 Å². The van der Waals surface area contributed by atoms with Crippen molar-refractivity contribution in [3.8, 4) is 0 Å². The van der Waals surface area contributed by atoms with Crippen LogP contribution in [0.4, 0.5) is 0 Å². The van der Waals surface area contributed by atoms with Gasteiger partial charge in [0.15, 0.2) is 0 Å². The minimum absolute atomic E-state index is 0.0360. The van der Waals surface area contributed by atoms with E-state index in [9.17, 15) is 9.59 Å². The van der Waals surface area contributed by atoms with Crippen LogP contribution < -0.4 is 5.32 Å². The predicted molar refractivity (Wildman–Crippen MR) is 72.4 cm³/mol. The molecule has 0 aromatic heterocycles. The maximum Gasteiger partial charge on any atom is 0.308 e. The number of carboxylic acids is 1. The van der Waals surface area contributed by atoms with E-state index in [4.69, 9.17) is 5.11 Å². The van der Waals surface area contributed by atoms with Gasteiger partial charge in [-0.3, -0.25) is 9.59 Å². The topological polar surface area (TPSA) is 66.4 Å². The number of hydrogen-bond acceptors (Lipinski definition) is 2. The Kier molecular flexibility index (Phi) is 9.33. The van der Waals surface area contributed by atoms with E-state index in [2.05, 4.69) is 12.2 Å². The Bertz CT molecular complexity index is 253. The molecule has 0 aromatic rings. The second kappa shape index (κ2) is 9.92. The van der Waals surface area contributed by atoms with Gasteiger partial charge in [-0.2, -0.15) is 0 Å². The van der Waals surface area contributed by atoms with E-state index >= 15 is 0 Å². The van der Waals surface area contributed by atoms with E-state index in [1.165, 1.54) is 25.7 Å². The molecular weight excluding hydrogens is 230 g/mol. The zero-order chi connectivity index (χ0) is 14.0. The monoisotopic (exact) mass is 257 g/mol. The molecule has 0 fully saturated rings. The highest BCUT2D eigenvalue weighted by molar-refractivity contribution is 5.77. The zero-order valence-corrected chi connectivity index (χ0v) is 11.9. The van der Waals surface area contributed by atoms with Crippen molar-refractivity contribution in [3.05, 3.63) is 0 Å². The highest BCUT2D eigenvalue weighted by Crippen LogP contribution is 2.08. The molecule has 2 unspecified atom stereocenters. The van der Waals surface area contributed by atoms with Crippen molar-refractivity contribution in [2.24, 2.45) is 5.92 Å². The summed E-state index contributed by atoms with van der Waals surface area (Å²) in [5.74, 6) is -1.45. The molecule has 0 saturated carbocycles. The van der Waals surface area contributed by atoms with Gasteiger partial charge in [-0.15, -0.1) is 0 Å². The number of hydrogen-bond donors (Lipinski definition) is 2. The lowest BCUT2D eigenvalue weighted by atomic mass is 10.0. The molecular formula is C14H27NO3. The first-order chi connectivity index (χ1) is 8.49. The standard InChI is InChI=1S/C14H27NO3/c1-4-5-6-7-8-9-10-13(16)15-12(3)11(2)14(17)18/h11-12H,4-10H2,1-3H3,(H,15,16)(H,17,18). The minimum atomic E-state index is -0.873. The Morgan fingerprint density at radius 1 is 1.06 bits per heavy atom. The number of carbonyl (C=O) groups excluding carboxylic acids is 1. The summed E-state index contributed by atoms with van der Waals surface area (Å²) in [6, 6.07) is -0.310. The molecule has 0 rings (SSSR count). The van der Waals surface area contributed by atoms with Gasteiger partial charge in [0.1, 0.15) is 0 Å². The number of carbonyl (C=O) groups is 2. The SMILES string of the molecule is CCCCCCCCC(=O)NC(C)C(C)C(=O)O. The Hall–Kier alpha value is -1.06. The third kappa shape index (κ3) is 8.09. The molecule has 0 aliphatic carbocycles. The Labute approximate surface area is 110 Å². The Morgan fingerprint density at radius 2 is 1.61 bits per heavy atom. The maximum atomic E-state index is 11.6. The van der Waals surface area contributed by atoms with Crippen molar-refractivity contribution in [2.45, 2.75) is 71.8 Å². The third-order valence-electron chi connectivity index (χ3n) is 3.29. The molecule has 0 aliphatic heterocycles. The van der Waals surface area contributed by atoms with Gasteiger partial charge < -0.3 is 10.4 Å². The normalized spacial score (nSPS) is 13.9. The number of amides is 1. The molecule has 0 aromatic carbocycles. The summed E-state index contributed by atoms with van der Waals surface area (Å²) < 4.78 is 0. The number of aliphatic carboxylic acids is 1. The van der Waals surface area contributed by atoms with Gasteiger partial charge in [0.25, 0.3) is 0 Å². The van der Waals surface area contributed by atoms with Gasteiger partial charge in [0.2, 0.25) is 5.91 Å². The van der Waals surface area contributed by atoms with Crippen LogP contribution in [-0.2, 0) is 9.59 Å². The first-order valence-corrected chi connectivity index (χ1v) is 7.01. The zero-order valence-electron chi connectivity index (χ0n) is 11.9. The lowest BCUT2D eigenvalue weighted by Crippen LogP contribution is -2.39. The average Bonchev–Trinajstić information content (AvgIpc) is 2.32. The second-order valence-corrected chi connectivity index (χ2v) is 5.00. The van der Waals surface area contributed by atoms with E-state index in [-0.39, 0.29) is 11.9 Å². The van der Waals surface area contributed by atoms with Crippen LogP contribution in [-0.4, -0.2) is 23.0 Å². The fourth-order valence-electron chi connectivity index (χ4n) is 1.73. The quantitative estimate of drug-likeness (QED) is 0.591. The molecule has 106 valence electrons. The van der Waals surface area contributed by atoms with E-state index in [0.29, 0.717) is 6.42 Å². The van der Waals surface area contributed by atoms with Gasteiger partial charge in [-0.05, 0) is 20.3 Å². The van der Waals surface area contributed by atoms with E-state index in [0.717, 1.165) is 12.8 Å². The van der Waals surface area contributed by atoms with Gasteiger partial charge in [0, 0.05) is 12.5 Å². The number of rotatable bonds is 10. The van der Waals surface area contributed by atoms with Crippen molar-refractivity contribution in [1.82, 2.24) is 5.32 Å². The summed E-state index contributed by atoms with van der Waals surface area (Å²) in [4.78, 5) is 22.3. The molecule has 4 heteroatoms. The molecule has 2 N–H and O–H groups in total. The fourth-order valence-corrected chi connectivity index (χ4v) is 1.73. The molecule has 0 spiro atoms. The first-order valence-electron chi connectivity index (χ1n) is 7.01. The number of nitrogens with one attached hydrogen (secondary N) is 1. The van der Waals surface area contributed by atoms with Gasteiger partial charge in [0.05, 0.1) is 5.92 Å². The van der Waals surface area contributed by atoms with Crippen LogP contribution >= 0.6 is 0 Å². The molecule has 0 saturated heterocycles. The van der Waals surface area contributed by atoms with Crippen molar-refractivity contribution in [2.75, 3.05) is 0 Å². The smallest absolute Gasteiger partial charge is 0.308 e. The van der Waals surface area contributed by atoms with Crippen LogP contribution in [0.25, 0.3) is 0 Å². The summed E-state index contributed by atoms with van der Waals surface area (Å²) >= 11 is 0. The third-order valence-corrected chi connectivity index (χ3v) is 3.29. The Balaban J connectivity index is 3.62. The number of carboxylic acid groups (broad SMARTS) is 1. The van der Waals surface area contributed by atoms with Crippen LogP contribution in [0, 0.1) is 5.92 Å². The average molecular weight is 257 g/mol. The fraction of sp³-hybridized carbons (Fsp3) is 0.857. The summed E-state index contributed by atoms with van der Waals surface area (Å²) in [6.07, 6.45) is 7.39. The van der Waals surface area contributed by atoms with Crippen LogP contribution in [0.1, 0.15) is 65.7 Å². The summed E-state index contributed by atoms with van der Waals surface area (Å²) in [7, 11) is 0. The largest absolute Gasteiger partial charge is 0.481 e. The minimum Gasteiger partial charge on any atom is -0.481 e. The predicted octanol–water partition coefficient (Wildman–Crippen LogP) is 2.96. The molecule has 0 heterocycles. The van der Waals surface area contributed by atoms with Gasteiger partial charge in [-0.1, -0.05) is 39.0 Å². The summed E-state index contributed by atoms with van der Waals surface area (Å²) in [6.45, 7) is 5.52. The maximum absolute atomic E-state index is 11.6. The highest BCUT2D eigenvalue weighted by Gasteiger charge is 2.20. The second-order valence-electron chi connectivity index (χ2n) is 5.00. The molecule has 0 radical (unpaired) electrons. The molecule has 0 bridgehead atoms. The lowest BCUT2D eigenvalue weighted by molar-refractivity contribution is -0.142. The van der Waals surface area contributed by atoms with Gasteiger partial charge >= 0.3 is 5.97 Å². The molecule has 4 nitrogen and oxygen atoms in total. The Morgan fingerprint density at radius 3 is 2.17 bits per heavy atom. The summed E-state index contributed by atoms with van der Waals surface area (Å²) in [5, 5.41) is 11.6. The highest BCUT2D eigenvalue weighted by atomic mass is 16.4. The van der Waals surface area contributed by atoms with Crippen molar-refractivity contribution < 1.29 is 14.7 Å². The molecule has 2 atom stereocenters. The van der Waals surface area contributed by atoms with Crippen LogP contribution in [0.3, 0.4) is 0 Å². The van der Waals surface area contributed by atoms with Crippen molar-refractivity contribution in [3.63, 3.8) is 0 Å².